The molecular weight excluding hydrogens is 302 g/mol. The van der Waals surface area contributed by atoms with Gasteiger partial charge in [-0.25, -0.2) is 0 Å². The molecule has 0 atom stereocenters. The molecule has 0 radical (unpaired) electrons. The summed E-state index contributed by atoms with van der Waals surface area (Å²) in [7, 11) is -5.14. The van der Waals surface area contributed by atoms with Crippen molar-refractivity contribution in [1.82, 2.24) is 0 Å². The van der Waals surface area contributed by atoms with Gasteiger partial charge in [0.05, 0.1) is 7.82 Å². The van der Waals surface area contributed by atoms with Gasteiger partial charge in [0, 0.05) is 0 Å². The summed E-state index contributed by atoms with van der Waals surface area (Å²) in [5, 5.41) is 0. The van der Waals surface area contributed by atoms with E-state index in [9.17, 15) is 0 Å². The fraction of sp³-hybridized carbons (Fsp3) is 0. The van der Waals surface area contributed by atoms with E-state index in [-0.39, 0.29) is 27.3 Å². The van der Waals surface area contributed by atoms with Crippen LogP contribution in [0.5, 0.6) is 0 Å². The molecule has 0 heterocycles. The molecule has 0 saturated carbocycles. The van der Waals surface area contributed by atoms with Crippen LogP contribution in [-0.4, -0.2) is 32.2 Å². The van der Waals surface area contributed by atoms with Crippen LogP contribution in [0.15, 0.2) is 0 Å². The molecule has 0 aromatic heterocycles. The van der Waals surface area contributed by atoms with Gasteiger partial charge in [0.1, 0.15) is 0 Å². The van der Waals surface area contributed by atoms with E-state index in [2.05, 4.69) is 0 Å². The Kier molecular flexibility index (Phi) is 5.20. The SMILES string of the molecule is O=P([O-])([O-])O.[PbH2+2]. The van der Waals surface area contributed by atoms with Gasteiger partial charge in [-0.15, -0.1) is 0 Å². The van der Waals surface area contributed by atoms with E-state index in [0.717, 1.165) is 0 Å². The topological polar surface area (TPSA) is 83.4 Å². The standard InChI is InChI=1S/H3O4P.Pb.2H/c1-5(2,3)4;;;/h(H3,1,2,3,4);;;/q;+2;;/p-2. The van der Waals surface area contributed by atoms with Crippen LogP contribution in [0.2, 0.25) is 0 Å². The summed E-state index contributed by atoms with van der Waals surface area (Å²) in [5.41, 5.74) is 0. The first-order chi connectivity index (χ1) is 2.00. The van der Waals surface area contributed by atoms with Crippen LogP contribution in [0, 0.1) is 0 Å². The van der Waals surface area contributed by atoms with Crippen LogP contribution in [0.4, 0.5) is 0 Å². The minimum atomic E-state index is -5.14. The molecule has 0 amide bonds. The Hall–Kier alpha value is 1.03. The summed E-state index contributed by atoms with van der Waals surface area (Å²) in [6, 6.07) is 0. The van der Waals surface area contributed by atoms with Crippen molar-refractivity contribution in [3.05, 3.63) is 0 Å². The van der Waals surface area contributed by atoms with Crippen molar-refractivity contribution in [2.24, 2.45) is 0 Å². The van der Waals surface area contributed by atoms with Crippen molar-refractivity contribution < 1.29 is 19.2 Å². The average molecular weight is 305 g/mol. The van der Waals surface area contributed by atoms with Crippen molar-refractivity contribution in [2.75, 3.05) is 0 Å². The van der Waals surface area contributed by atoms with Gasteiger partial charge < -0.3 is 19.2 Å². The van der Waals surface area contributed by atoms with Crippen LogP contribution < -0.4 is 9.79 Å². The Morgan fingerprint density at radius 2 is 1.50 bits per heavy atom. The zero-order chi connectivity index (χ0) is 4.50. The molecule has 6 heteroatoms. The Labute approximate surface area is 54.6 Å². The van der Waals surface area contributed by atoms with Crippen LogP contribution >= 0.6 is 7.82 Å². The van der Waals surface area contributed by atoms with Crippen LogP contribution in [0.1, 0.15) is 0 Å². The van der Waals surface area contributed by atoms with Crippen molar-refractivity contribution in [3.63, 3.8) is 0 Å². The Morgan fingerprint density at radius 3 is 1.50 bits per heavy atom. The van der Waals surface area contributed by atoms with Crippen molar-refractivity contribution in [3.8, 4) is 0 Å². The second kappa shape index (κ2) is 3.09. The number of hydrogen-bond donors (Lipinski definition) is 1. The van der Waals surface area contributed by atoms with Gasteiger partial charge in [-0.1, -0.05) is 0 Å². The molecule has 0 aromatic carbocycles. The summed E-state index contributed by atoms with van der Waals surface area (Å²) < 4.78 is 8.66. The Bertz CT molecular complexity index is 53.7. The maximum atomic E-state index is 8.66. The van der Waals surface area contributed by atoms with Gasteiger partial charge in [-0.3, -0.25) is 0 Å². The van der Waals surface area contributed by atoms with Gasteiger partial charge >= 0.3 is 27.3 Å². The summed E-state index contributed by atoms with van der Waals surface area (Å²) in [5.74, 6) is 0. The van der Waals surface area contributed by atoms with E-state index in [4.69, 9.17) is 19.2 Å². The fourth-order valence-corrected chi connectivity index (χ4v) is 0. The summed E-state index contributed by atoms with van der Waals surface area (Å²) >= 11 is 0. The monoisotopic (exact) mass is 306 g/mol. The molecule has 6 heavy (non-hydrogen) atoms. The molecule has 0 spiro atoms. The molecule has 4 nitrogen and oxygen atoms in total. The molecule has 0 saturated heterocycles. The molecule has 0 rings (SSSR count). The van der Waals surface area contributed by atoms with Crippen LogP contribution in [-0.2, 0) is 4.57 Å². The molecular formula is H3O4PPb. The summed E-state index contributed by atoms with van der Waals surface area (Å²) in [6.07, 6.45) is 0. The maximum absolute atomic E-state index is 8.66. The fourth-order valence-electron chi connectivity index (χ4n) is 0. The van der Waals surface area contributed by atoms with Crippen molar-refractivity contribution in [2.45, 2.75) is 0 Å². The quantitative estimate of drug-likeness (QED) is 0.379. The van der Waals surface area contributed by atoms with E-state index >= 15 is 0 Å². The molecule has 0 aliphatic rings. The molecule has 1 N–H and O–H groups in total. The van der Waals surface area contributed by atoms with Gasteiger partial charge in [0.25, 0.3) is 0 Å². The minimum absolute atomic E-state index is 0. The Morgan fingerprint density at radius 1 is 1.50 bits per heavy atom. The van der Waals surface area contributed by atoms with E-state index in [1.54, 1.807) is 0 Å². The predicted octanol–water partition coefficient (Wildman–Crippen LogP) is -3.11. The molecule has 0 fully saturated rings. The van der Waals surface area contributed by atoms with Crippen molar-refractivity contribution in [1.29, 1.82) is 0 Å². The molecule has 0 aliphatic carbocycles. The van der Waals surface area contributed by atoms with Crippen LogP contribution in [0.25, 0.3) is 0 Å². The molecule has 0 aromatic rings. The third kappa shape index (κ3) is 76.8. The van der Waals surface area contributed by atoms with Gasteiger partial charge in [-0.2, -0.15) is 0 Å². The third-order valence-corrected chi connectivity index (χ3v) is 0. The van der Waals surface area contributed by atoms with E-state index in [0.29, 0.717) is 0 Å². The van der Waals surface area contributed by atoms with E-state index in [1.165, 1.54) is 0 Å². The zero-order valence-electron chi connectivity index (χ0n) is 2.83. The predicted molar refractivity (Wildman–Crippen MR) is 18.4 cm³/mol. The first-order valence-electron chi connectivity index (χ1n) is 0.748. The number of hydrogen-bond acceptors (Lipinski definition) is 3. The molecule has 0 unspecified atom stereocenters. The first kappa shape index (κ1) is 10.1. The summed E-state index contributed by atoms with van der Waals surface area (Å²) in [4.78, 5) is 24.3. The molecule has 36 valence electrons. The van der Waals surface area contributed by atoms with E-state index < -0.39 is 7.82 Å². The van der Waals surface area contributed by atoms with Crippen molar-refractivity contribution >= 4 is 35.1 Å². The normalized spacial score (nSPS) is 9.83. The van der Waals surface area contributed by atoms with Gasteiger partial charge in [-0.05, 0) is 0 Å². The zero-order valence-corrected chi connectivity index (χ0v) is 9.22. The Balaban J connectivity index is 0. The third-order valence-electron chi connectivity index (χ3n) is 0. The second-order valence-corrected chi connectivity index (χ2v) is 1.41. The van der Waals surface area contributed by atoms with E-state index in [1.807, 2.05) is 0 Å². The van der Waals surface area contributed by atoms with Gasteiger partial charge in [0.15, 0.2) is 0 Å². The molecule has 0 aliphatic heterocycles. The number of phosphoric acid groups is 1. The number of rotatable bonds is 0. The first-order valence-corrected chi connectivity index (χ1v) is 2.24. The van der Waals surface area contributed by atoms with Gasteiger partial charge in [0.2, 0.25) is 0 Å². The van der Waals surface area contributed by atoms with Crippen LogP contribution in [0.3, 0.4) is 0 Å². The average Bonchev–Trinajstić information content (AvgIpc) is 0.722. The summed E-state index contributed by atoms with van der Waals surface area (Å²) in [6.45, 7) is 0. The second-order valence-electron chi connectivity index (χ2n) is 0.469. The molecule has 0 bridgehead atoms.